The van der Waals surface area contributed by atoms with Gasteiger partial charge in [0.1, 0.15) is 5.75 Å². The van der Waals surface area contributed by atoms with Crippen molar-refractivity contribution in [3.05, 3.63) is 52.3 Å². The molecular formula is C18H20N2O5. The molecule has 25 heavy (non-hydrogen) atoms. The summed E-state index contributed by atoms with van der Waals surface area (Å²) in [4.78, 5) is 38.4. The lowest BCUT2D eigenvalue weighted by atomic mass is 10.1. The van der Waals surface area contributed by atoms with E-state index in [0.717, 1.165) is 0 Å². The number of aromatic nitrogens is 1. The summed E-state index contributed by atoms with van der Waals surface area (Å²) in [6.07, 6.45) is -0.790. The zero-order chi connectivity index (χ0) is 18.7. The van der Waals surface area contributed by atoms with Crippen LogP contribution in [0.4, 0.5) is 0 Å². The van der Waals surface area contributed by atoms with Crippen LogP contribution in [0, 0.1) is 13.8 Å². The summed E-state index contributed by atoms with van der Waals surface area (Å²) >= 11 is 0. The van der Waals surface area contributed by atoms with Gasteiger partial charge in [-0.3, -0.25) is 9.59 Å². The molecule has 0 bridgehead atoms. The van der Waals surface area contributed by atoms with Crippen molar-refractivity contribution in [2.75, 3.05) is 7.11 Å². The van der Waals surface area contributed by atoms with Crippen molar-refractivity contribution in [3.8, 4) is 5.75 Å². The van der Waals surface area contributed by atoms with Crippen LogP contribution in [0.15, 0.2) is 24.3 Å². The summed E-state index contributed by atoms with van der Waals surface area (Å²) in [5.41, 5.74) is 7.27. The van der Waals surface area contributed by atoms with E-state index in [0.29, 0.717) is 33.8 Å². The molecule has 0 fully saturated rings. The van der Waals surface area contributed by atoms with Crippen molar-refractivity contribution >= 4 is 17.7 Å². The summed E-state index contributed by atoms with van der Waals surface area (Å²) in [5.74, 6) is -0.904. The number of nitrogens with one attached hydrogen (secondary N) is 1. The molecule has 0 spiro atoms. The van der Waals surface area contributed by atoms with Crippen LogP contribution >= 0.6 is 0 Å². The number of aromatic amines is 1. The molecular weight excluding hydrogens is 324 g/mol. The van der Waals surface area contributed by atoms with Gasteiger partial charge in [-0.25, -0.2) is 4.79 Å². The first-order valence-corrected chi connectivity index (χ1v) is 7.64. The second-order valence-electron chi connectivity index (χ2n) is 5.63. The molecule has 0 aliphatic carbocycles. The topological polar surface area (TPSA) is 111 Å². The average molecular weight is 344 g/mol. The molecule has 0 unspecified atom stereocenters. The van der Waals surface area contributed by atoms with E-state index >= 15 is 0 Å². The first-order valence-electron chi connectivity index (χ1n) is 7.64. The van der Waals surface area contributed by atoms with Gasteiger partial charge in [-0.1, -0.05) is 0 Å². The van der Waals surface area contributed by atoms with Crippen LogP contribution in [-0.2, 0) is 4.74 Å². The number of esters is 1. The maximum atomic E-state index is 12.6. The molecule has 0 aliphatic rings. The largest absolute Gasteiger partial charge is 0.483 e. The van der Waals surface area contributed by atoms with Crippen molar-refractivity contribution in [3.63, 3.8) is 0 Å². The zero-order valence-corrected chi connectivity index (χ0v) is 14.5. The maximum Gasteiger partial charge on any atom is 0.339 e. The number of carbonyl (C=O) groups excluding carboxylic acids is 3. The molecule has 1 aromatic carbocycles. The number of hydrogen-bond donors (Lipinski definition) is 2. The van der Waals surface area contributed by atoms with Gasteiger partial charge in [-0.05, 0) is 50.6 Å². The Morgan fingerprint density at radius 3 is 2.24 bits per heavy atom. The summed E-state index contributed by atoms with van der Waals surface area (Å²) in [5, 5.41) is 0. The fourth-order valence-electron chi connectivity index (χ4n) is 2.56. The fraction of sp³-hybridized carbons (Fsp3) is 0.278. The van der Waals surface area contributed by atoms with E-state index in [1.165, 1.54) is 19.2 Å². The molecule has 7 nitrogen and oxygen atoms in total. The molecule has 0 saturated carbocycles. The third kappa shape index (κ3) is 3.71. The number of Topliss-reactive ketones (excluding diaryl/α,β-unsaturated/α-hetero) is 1. The van der Waals surface area contributed by atoms with Gasteiger partial charge in [0.2, 0.25) is 11.7 Å². The van der Waals surface area contributed by atoms with Gasteiger partial charge in [-0.15, -0.1) is 0 Å². The van der Waals surface area contributed by atoms with Crippen LogP contribution in [0.5, 0.6) is 5.75 Å². The second kappa shape index (κ2) is 7.21. The van der Waals surface area contributed by atoms with Crippen molar-refractivity contribution in [1.82, 2.24) is 4.98 Å². The monoisotopic (exact) mass is 344 g/mol. The van der Waals surface area contributed by atoms with Crippen LogP contribution in [0.1, 0.15) is 49.4 Å². The van der Waals surface area contributed by atoms with Crippen LogP contribution in [0.25, 0.3) is 0 Å². The summed E-state index contributed by atoms with van der Waals surface area (Å²) in [6.45, 7) is 4.99. The summed E-state index contributed by atoms with van der Waals surface area (Å²) in [7, 11) is 1.29. The van der Waals surface area contributed by atoms with Crippen LogP contribution < -0.4 is 10.5 Å². The highest BCUT2D eigenvalue weighted by Gasteiger charge is 2.26. The number of rotatable bonds is 6. The predicted molar refractivity (Wildman–Crippen MR) is 91.0 cm³/mol. The molecule has 0 aliphatic heterocycles. The molecule has 132 valence electrons. The maximum absolute atomic E-state index is 12.6. The lowest BCUT2D eigenvalue weighted by Gasteiger charge is -2.13. The lowest BCUT2D eigenvalue weighted by Crippen LogP contribution is -2.25. The number of ketones is 1. The van der Waals surface area contributed by atoms with Gasteiger partial charge in [0.05, 0.1) is 18.4 Å². The molecule has 2 aromatic rings. The third-order valence-corrected chi connectivity index (χ3v) is 3.89. The summed E-state index contributed by atoms with van der Waals surface area (Å²) in [6, 6.07) is 6.18. The van der Waals surface area contributed by atoms with Crippen LogP contribution in [-0.4, -0.2) is 35.9 Å². The zero-order valence-electron chi connectivity index (χ0n) is 14.5. The minimum atomic E-state index is -0.790. The molecule has 1 atom stereocenters. The van der Waals surface area contributed by atoms with Crippen LogP contribution in [0.2, 0.25) is 0 Å². The number of primary amides is 1. The average Bonchev–Trinajstić information content (AvgIpc) is 2.88. The number of carbonyl (C=O) groups is 3. The number of H-pyrrole nitrogens is 1. The van der Waals surface area contributed by atoms with Crippen molar-refractivity contribution in [2.24, 2.45) is 5.73 Å². The van der Waals surface area contributed by atoms with E-state index in [2.05, 4.69) is 4.98 Å². The van der Waals surface area contributed by atoms with Gasteiger partial charge < -0.3 is 20.2 Å². The molecule has 2 rings (SSSR count). The smallest absolute Gasteiger partial charge is 0.339 e. The van der Waals surface area contributed by atoms with E-state index < -0.39 is 18.0 Å². The Kier molecular flexibility index (Phi) is 5.26. The molecule has 0 saturated heterocycles. The number of ether oxygens (including phenoxy) is 2. The Hall–Kier alpha value is -3.09. The lowest BCUT2D eigenvalue weighted by molar-refractivity contribution is 0.0599. The van der Waals surface area contributed by atoms with Crippen LogP contribution in [0.3, 0.4) is 0 Å². The first-order chi connectivity index (χ1) is 11.8. The van der Waals surface area contributed by atoms with Crippen molar-refractivity contribution in [2.45, 2.75) is 26.9 Å². The SMILES string of the molecule is COC(=O)c1c(C)[nH]c(C(=O)[C@H](C)Oc2ccc(C(N)=O)cc2)c1C. The van der Waals surface area contributed by atoms with Gasteiger partial charge in [0.15, 0.2) is 6.10 Å². The Bertz CT molecular complexity index is 821. The number of benzene rings is 1. The number of hydrogen-bond acceptors (Lipinski definition) is 5. The van der Waals surface area contributed by atoms with E-state index in [-0.39, 0.29) is 5.78 Å². The first kappa shape index (κ1) is 18.3. The highest BCUT2D eigenvalue weighted by molar-refractivity contribution is 6.03. The van der Waals surface area contributed by atoms with Gasteiger partial charge >= 0.3 is 5.97 Å². The molecule has 1 heterocycles. The van der Waals surface area contributed by atoms with E-state index in [4.69, 9.17) is 15.2 Å². The minimum Gasteiger partial charge on any atom is -0.483 e. The third-order valence-electron chi connectivity index (χ3n) is 3.89. The second-order valence-corrected chi connectivity index (χ2v) is 5.63. The van der Waals surface area contributed by atoms with Crippen molar-refractivity contribution < 1.29 is 23.9 Å². The van der Waals surface area contributed by atoms with E-state index in [9.17, 15) is 14.4 Å². The minimum absolute atomic E-state index is 0.297. The van der Waals surface area contributed by atoms with Gasteiger partial charge in [0.25, 0.3) is 0 Å². The molecule has 1 amide bonds. The van der Waals surface area contributed by atoms with Crippen molar-refractivity contribution in [1.29, 1.82) is 0 Å². The number of aryl methyl sites for hydroxylation is 1. The number of amides is 1. The molecule has 1 aromatic heterocycles. The Morgan fingerprint density at radius 2 is 1.72 bits per heavy atom. The fourth-order valence-corrected chi connectivity index (χ4v) is 2.56. The highest BCUT2D eigenvalue weighted by atomic mass is 16.5. The Morgan fingerprint density at radius 1 is 1.12 bits per heavy atom. The number of methoxy groups -OCH3 is 1. The normalized spacial score (nSPS) is 11.7. The molecule has 0 radical (unpaired) electrons. The summed E-state index contributed by atoms with van der Waals surface area (Å²) < 4.78 is 10.4. The van der Waals surface area contributed by atoms with Gasteiger partial charge in [0, 0.05) is 11.3 Å². The van der Waals surface area contributed by atoms with E-state index in [1.807, 2.05) is 0 Å². The Balaban J connectivity index is 2.20. The van der Waals surface area contributed by atoms with E-state index in [1.54, 1.807) is 32.9 Å². The van der Waals surface area contributed by atoms with Gasteiger partial charge in [-0.2, -0.15) is 0 Å². The molecule has 7 heteroatoms. The quantitative estimate of drug-likeness (QED) is 0.616. The molecule has 3 N–H and O–H groups in total. The standard InChI is InChI=1S/C18H20N2O5/c1-9-14(18(23)24-4)10(2)20-15(9)16(21)11(3)25-13-7-5-12(6-8-13)17(19)22/h5-8,11,20H,1-4H3,(H2,19,22)/t11-/m0/s1. The Labute approximate surface area is 145 Å². The highest BCUT2D eigenvalue weighted by Crippen LogP contribution is 2.22. The number of nitrogens with two attached hydrogens (primary N) is 1. The predicted octanol–water partition coefficient (Wildman–Crippen LogP) is 2.17.